The zero-order chi connectivity index (χ0) is 27.2. The first-order valence-electron chi connectivity index (χ1n) is 12.9. The molecule has 0 atom stereocenters. The number of nitrogens with zero attached hydrogens (tertiary/aromatic N) is 4. The van der Waals surface area contributed by atoms with Gasteiger partial charge in [-0.05, 0) is 78.6 Å². The van der Waals surface area contributed by atoms with Crippen LogP contribution in [0.1, 0.15) is 43.2 Å². The molecule has 0 radical (unpaired) electrons. The Morgan fingerprint density at radius 2 is 1.85 bits per heavy atom. The standard InChI is InChI=1S/C26H29FN8O4/c27-21-3-1-2-4-22(21)29-25(37)28-19-8-7-18-15-35(12-11-17(18)14-19)26(38)39-20-9-5-16(6-10-20)13-23(36)30-24-31-33-34-32-24/h1-4,7-8,14,16,20H,5-6,9-13,15H2,(H2,28,29,37)(H2,30,31,32,33,34,36). The molecule has 2 heterocycles. The van der Waals surface area contributed by atoms with E-state index in [1.165, 1.54) is 12.1 Å². The van der Waals surface area contributed by atoms with E-state index in [1.54, 1.807) is 23.1 Å². The zero-order valence-corrected chi connectivity index (χ0v) is 21.2. The number of hydrogen-bond donors (Lipinski definition) is 4. The Bertz CT molecular complexity index is 1330. The number of halogens is 1. The first-order chi connectivity index (χ1) is 18.9. The molecule has 1 saturated carbocycles. The van der Waals surface area contributed by atoms with Gasteiger partial charge >= 0.3 is 12.1 Å². The molecule has 2 aromatic carbocycles. The smallest absolute Gasteiger partial charge is 0.410 e. The van der Waals surface area contributed by atoms with Gasteiger partial charge in [0.1, 0.15) is 11.9 Å². The summed E-state index contributed by atoms with van der Waals surface area (Å²) >= 11 is 0. The quantitative estimate of drug-likeness (QED) is 0.370. The number of carbonyl (C=O) groups is 3. The van der Waals surface area contributed by atoms with Crippen molar-refractivity contribution in [3.8, 4) is 0 Å². The van der Waals surface area contributed by atoms with Gasteiger partial charge < -0.3 is 20.3 Å². The normalized spacial score (nSPS) is 18.5. The maximum atomic E-state index is 13.8. The van der Waals surface area contributed by atoms with Crippen molar-refractivity contribution in [2.75, 3.05) is 22.5 Å². The Morgan fingerprint density at radius 1 is 1.03 bits per heavy atom. The number of rotatable bonds is 6. The number of aromatic amines is 1. The topological polar surface area (TPSA) is 154 Å². The Hall–Kier alpha value is -4.55. The number of amides is 4. The summed E-state index contributed by atoms with van der Waals surface area (Å²) in [5.74, 6) is -0.302. The summed E-state index contributed by atoms with van der Waals surface area (Å²) < 4.78 is 19.6. The van der Waals surface area contributed by atoms with Crippen LogP contribution in [0.3, 0.4) is 0 Å². The number of para-hydroxylation sites is 1. The van der Waals surface area contributed by atoms with E-state index in [0.717, 1.165) is 24.0 Å². The molecule has 1 aromatic heterocycles. The Kier molecular flexibility index (Phi) is 7.94. The summed E-state index contributed by atoms with van der Waals surface area (Å²) in [5, 5.41) is 20.9. The molecule has 0 unspecified atom stereocenters. The van der Waals surface area contributed by atoms with Gasteiger partial charge in [0.2, 0.25) is 5.91 Å². The second-order valence-corrected chi connectivity index (χ2v) is 9.73. The molecule has 2 aliphatic rings. The van der Waals surface area contributed by atoms with E-state index < -0.39 is 11.8 Å². The van der Waals surface area contributed by atoms with E-state index >= 15 is 0 Å². The number of tetrazole rings is 1. The van der Waals surface area contributed by atoms with Gasteiger partial charge in [-0.2, -0.15) is 5.21 Å². The van der Waals surface area contributed by atoms with Crippen molar-refractivity contribution in [2.24, 2.45) is 5.92 Å². The summed E-state index contributed by atoms with van der Waals surface area (Å²) in [6, 6.07) is 10.9. The number of ether oxygens (including phenoxy) is 1. The maximum absolute atomic E-state index is 13.8. The van der Waals surface area contributed by atoms with E-state index in [0.29, 0.717) is 44.5 Å². The molecule has 0 spiro atoms. The van der Waals surface area contributed by atoms with Gasteiger partial charge in [-0.15, -0.1) is 5.10 Å². The molecule has 13 heteroatoms. The van der Waals surface area contributed by atoms with Crippen molar-refractivity contribution in [2.45, 2.75) is 51.2 Å². The molecular weight excluding hydrogens is 507 g/mol. The van der Waals surface area contributed by atoms with Crippen molar-refractivity contribution in [1.82, 2.24) is 25.5 Å². The average molecular weight is 537 g/mol. The lowest BCUT2D eigenvalue weighted by atomic mass is 9.85. The van der Waals surface area contributed by atoms with Crippen LogP contribution in [-0.2, 0) is 22.5 Å². The summed E-state index contributed by atoms with van der Waals surface area (Å²) in [7, 11) is 0. The SMILES string of the molecule is O=C(CC1CCC(OC(=O)N2CCc3cc(NC(=O)Nc4ccccc4F)ccc3C2)CC1)Nc1nn[nH]n1. The number of H-pyrrole nitrogens is 1. The van der Waals surface area contributed by atoms with Crippen molar-refractivity contribution in [3.63, 3.8) is 0 Å². The number of urea groups is 1. The third-order valence-corrected chi connectivity index (χ3v) is 6.99. The molecule has 3 aromatic rings. The number of fused-ring (bicyclic) bond motifs is 1. The molecule has 1 fully saturated rings. The highest BCUT2D eigenvalue weighted by Gasteiger charge is 2.29. The fourth-order valence-corrected chi connectivity index (χ4v) is 4.96. The van der Waals surface area contributed by atoms with Crippen LogP contribution >= 0.6 is 0 Å². The number of nitrogens with one attached hydrogen (secondary N) is 4. The second kappa shape index (κ2) is 11.9. The van der Waals surface area contributed by atoms with Crippen LogP contribution in [-0.4, -0.2) is 56.2 Å². The minimum atomic E-state index is -0.539. The van der Waals surface area contributed by atoms with Crippen molar-refractivity contribution >= 4 is 35.4 Å². The van der Waals surface area contributed by atoms with Crippen molar-refractivity contribution in [1.29, 1.82) is 0 Å². The van der Waals surface area contributed by atoms with Crippen LogP contribution in [0.15, 0.2) is 42.5 Å². The number of hydrogen-bond acceptors (Lipinski definition) is 7. The summed E-state index contributed by atoms with van der Waals surface area (Å²) in [5.41, 5.74) is 2.69. The number of benzene rings is 2. The first kappa shape index (κ1) is 26.1. The highest BCUT2D eigenvalue weighted by molar-refractivity contribution is 5.99. The molecule has 4 N–H and O–H groups in total. The number of carbonyl (C=O) groups excluding carboxylic acids is 3. The van der Waals surface area contributed by atoms with Crippen molar-refractivity contribution in [3.05, 3.63) is 59.4 Å². The first-order valence-corrected chi connectivity index (χ1v) is 12.9. The van der Waals surface area contributed by atoms with E-state index in [1.807, 2.05) is 12.1 Å². The molecular formula is C26H29FN8O4. The fraction of sp³-hybridized carbons (Fsp3) is 0.385. The van der Waals surface area contributed by atoms with Gasteiger partial charge in [-0.1, -0.05) is 23.3 Å². The minimum Gasteiger partial charge on any atom is -0.446 e. The van der Waals surface area contributed by atoms with Gasteiger partial charge in [0, 0.05) is 25.2 Å². The third kappa shape index (κ3) is 6.86. The highest BCUT2D eigenvalue weighted by atomic mass is 19.1. The summed E-state index contributed by atoms with van der Waals surface area (Å²) in [6.07, 6.45) is 3.47. The largest absolute Gasteiger partial charge is 0.446 e. The van der Waals surface area contributed by atoms with Gasteiger partial charge in [0.05, 0.1) is 5.69 Å². The van der Waals surface area contributed by atoms with Crippen LogP contribution in [0, 0.1) is 11.7 Å². The molecule has 1 aliphatic heterocycles. The van der Waals surface area contributed by atoms with Crippen LogP contribution in [0.2, 0.25) is 0 Å². The Morgan fingerprint density at radius 3 is 2.62 bits per heavy atom. The van der Waals surface area contributed by atoms with E-state index in [9.17, 15) is 18.8 Å². The van der Waals surface area contributed by atoms with Crippen LogP contribution in [0.5, 0.6) is 0 Å². The molecule has 39 heavy (non-hydrogen) atoms. The summed E-state index contributed by atoms with van der Waals surface area (Å²) in [6.45, 7) is 0.920. The van der Waals surface area contributed by atoms with E-state index in [2.05, 4.69) is 36.6 Å². The molecule has 1 aliphatic carbocycles. The van der Waals surface area contributed by atoms with Crippen molar-refractivity contribution < 1.29 is 23.5 Å². The van der Waals surface area contributed by atoms with Gasteiger partial charge in [-0.25, -0.2) is 14.0 Å². The second-order valence-electron chi connectivity index (χ2n) is 9.73. The number of anilines is 3. The summed E-state index contributed by atoms with van der Waals surface area (Å²) in [4.78, 5) is 39.0. The molecule has 12 nitrogen and oxygen atoms in total. The molecule has 4 amide bonds. The lowest BCUT2D eigenvalue weighted by Crippen LogP contribution is -2.39. The Labute approximate surface area is 223 Å². The molecule has 5 rings (SSSR count). The van der Waals surface area contributed by atoms with Gasteiger partial charge in [0.15, 0.2) is 0 Å². The number of aromatic nitrogens is 4. The molecule has 0 saturated heterocycles. The predicted octanol–water partition coefficient (Wildman–Crippen LogP) is 4.07. The van der Waals surface area contributed by atoms with Gasteiger partial charge in [-0.3, -0.25) is 10.1 Å². The van der Waals surface area contributed by atoms with Crippen LogP contribution in [0.4, 0.5) is 31.3 Å². The van der Waals surface area contributed by atoms with E-state index in [-0.39, 0.29) is 35.7 Å². The highest BCUT2D eigenvalue weighted by Crippen LogP contribution is 2.30. The molecule has 0 bridgehead atoms. The fourth-order valence-electron chi connectivity index (χ4n) is 4.96. The zero-order valence-electron chi connectivity index (χ0n) is 21.2. The third-order valence-electron chi connectivity index (χ3n) is 6.99. The predicted molar refractivity (Wildman–Crippen MR) is 139 cm³/mol. The Balaban J connectivity index is 1.06. The minimum absolute atomic E-state index is 0.0987. The lowest BCUT2D eigenvalue weighted by molar-refractivity contribution is -0.117. The average Bonchev–Trinajstić information content (AvgIpc) is 3.43. The lowest BCUT2D eigenvalue weighted by Gasteiger charge is -2.32. The van der Waals surface area contributed by atoms with Crippen LogP contribution < -0.4 is 16.0 Å². The molecule has 204 valence electrons. The maximum Gasteiger partial charge on any atom is 0.410 e. The monoisotopic (exact) mass is 536 g/mol. The van der Waals surface area contributed by atoms with Gasteiger partial charge in [0.25, 0.3) is 5.95 Å². The van der Waals surface area contributed by atoms with Crippen LogP contribution in [0.25, 0.3) is 0 Å². The van der Waals surface area contributed by atoms with E-state index in [4.69, 9.17) is 4.74 Å².